The van der Waals surface area contributed by atoms with Gasteiger partial charge in [0.2, 0.25) is 11.7 Å². The van der Waals surface area contributed by atoms with Crippen LogP contribution in [0.15, 0.2) is 65.3 Å². The molecule has 1 aromatic heterocycles. The summed E-state index contributed by atoms with van der Waals surface area (Å²) in [6.07, 6.45) is 1.31. The Balaban J connectivity index is 1.43. The normalized spacial score (nSPS) is 10.2. The zero-order valence-corrected chi connectivity index (χ0v) is 19.2. The van der Waals surface area contributed by atoms with Gasteiger partial charge in [0.15, 0.2) is 18.2 Å². The van der Waals surface area contributed by atoms with Crippen LogP contribution < -0.4 is 15.4 Å². The van der Waals surface area contributed by atoms with Gasteiger partial charge in [0, 0.05) is 11.6 Å². The van der Waals surface area contributed by atoms with Crippen molar-refractivity contribution in [1.82, 2.24) is 10.6 Å². The van der Waals surface area contributed by atoms with Crippen LogP contribution >= 0.6 is 11.6 Å². The molecule has 12 nitrogen and oxygen atoms in total. The summed E-state index contributed by atoms with van der Waals surface area (Å²) in [6.45, 7) is -1.48. The molecule has 0 aliphatic rings. The summed E-state index contributed by atoms with van der Waals surface area (Å²) in [5, 5.41) is 15.8. The molecular weight excluding hydrogens is 498 g/mol. The Hall–Kier alpha value is -4.71. The van der Waals surface area contributed by atoms with Crippen LogP contribution in [-0.2, 0) is 14.3 Å². The minimum absolute atomic E-state index is 0.0329. The molecule has 1 heterocycles. The van der Waals surface area contributed by atoms with Crippen molar-refractivity contribution in [1.29, 1.82) is 0 Å². The smallest absolute Gasteiger partial charge is 0.325 e. The molecule has 0 fully saturated rings. The molecule has 2 amide bonds. The highest BCUT2D eigenvalue weighted by molar-refractivity contribution is 6.32. The number of halogens is 1. The Morgan fingerprint density at radius 1 is 0.972 bits per heavy atom. The standard InChI is InChI=1S/C23H18ClN3O9/c24-16-3-1-4-17(27(32)33)22(16)36-15-8-6-14(7-9-15)18(28)13-35-21(30)12-25-20(29)11-26-23(31)19-5-2-10-34-19/h1-10H,11-13H2,(H,25,29)(H,26,31). The number of nitrogens with one attached hydrogen (secondary N) is 2. The Morgan fingerprint density at radius 3 is 2.39 bits per heavy atom. The number of nitro groups is 1. The Kier molecular flexibility index (Phi) is 8.73. The lowest BCUT2D eigenvalue weighted by atomic mass is 10.1. The molecule has 0 radical (unpaired) electrons. The second-order valence-corrected chi connectivity index (χ2v) is 7.40. The predicted molar refractivity (Wildman–Crippen MR) is 124 cm³/mol. The summed E-state index contributed by atoms with van der Waals surface area (Å²) in [7, 11) is 0. The van der Waals surface area contributed by atoms with Gasteiger partial charge in [-0.05, 0) is 42.5 Å². The molecule has 2 N–H and O–H groups in total. The van der Waals surface area contributed by atoms with Crippen molar-refractivity contribution >= 4 is 40.9 Å². The fraction of sp³-hybridized carbons (Fsp3) is 0.130. The molecule has 0 spiro atoms. The maximum Gasteiger partial charge on any atom is 0.325 e. The second-order valence-electron chi connectivity index (χ2n) is 6.99. The minimum atomic E-state index is -0.861. The molecule has 3 aromatic rings. The second kappa shape index (κ2) is 12.1. The molecule has 3 rings (SSSR count). The minimum Gasteiger partial charge on any atom is -0.459 e. The molecule has 0 saturated heterocycles. The van der Waals surface area contributed by atoms with Crippen LogP contribution in [0.1, 0.15) is 20.9 Å². The molecular formula is C23H18ClN3O9. The van der Waals surface area contributed by atoms with E-state index < -0.39 is 48.2 Å². The number of para-hydroxylation sites is 1. The number of amides is 2. The molecule has 0 aliphatic carbocycles. The van der Waals surface area contributed by atoms with Crippen LogP contribution in [0, 0.1) is 10.1 Å². The number of furan rings is 1. The van der Waals surface area contributed by atoms with Crippen molar-refractivity contribution in [3.8, 4) is 11.5 Å². The molecule has 0 saturated carbocycles. The van der Waals surface area contributed by atoms with Gasteiger partial charge in [-0.1, -0.05) is 17.7 Å². The van der Waals surface area contributed by atoms with E-state index in [-0.39, 0.29) is 33.5 Å². The van der Waals surface area contributed by atoms with Crippen molar-refractivity contribution < 1.29 is 38.0 Å². The van der Waals surface area contributed by atoms with E-state index in [0.717, 1.165) is 0 Å². The van der Waals surface area contributed by atoms with E-state index in [0.29, 0.717) is 0 Å². The molecule has 13 heteroatoms. The number of nitrogens with zero attached hydrogens (tertiary/aromatic N) is 1. The molecule has 186 valence electrons. The van der Waals surface area contributed by atoms with Crippen molar-refractivity contribution in [3.05, 3.63) is 87.3 Å². The fourth-order valence-electron chi connectivity index (χ4n) is 2.74. The third-order valence-corrected chi connectivity index (χ3v) is 4.79. The highest BCUT2D eigenvalue weighted by Crippen LogP contribution is 2.37. The van der Waals surface area contributed by atoms with E-state index in [9.17, 15) is 29.3 Å². The van der Waals surface area contributed by atoms with Gasteiger partial charge < -0.3 is 24.5 Å². The van der Waals surface area contributed by atoms with Crippen molar-refractivity contribution in [2.45, 2.75) is 0 Å². The summed E-state index contributed by atoms with van der Waals surface area (Å²) in [5.41, 5.74) is -0.130. The van der Waals surface area contributed by atoms with E-state index in [2.05, 4.69) is 10.6 Å². The Morgan fingerprint density at radius 2 is 1.72 bits per heavy atom. The van der Waals surface area contributed by atoms with Crippen LogP contribution in [0.4, 0.5) is 5.69 Å². The van der Waals surface area contributed by atoms with Gasteiger partial charge in [-0.3, -0.25) is 29.3 Å². The SMILES string of the molecule is O=C(CNC(=O)c1ccco1)NCC(=O)OCC(=O)c1ccc(Oc2c(Cl)cccc2[N+](=O)[O-])cc1. The van der Waals surface area contributed by atoms with Gasteiger partial charge in [-0.2, -0.15) is 0 Å². The molecule has 36 heavy (non-hydrogen) atoms. The van der Waals surface area contributed by atoms with Gasteiger partial charge >= 0.3 is 11.7 Å². The molecule has 0 unspecified atom stereocenters. The Bertz CT molecular complexity index is 1270. The van der Waals surface area contributed by atoms with Gasteiger partial charge in [-0.25, -0.2) is 0 Å². The molecule has 0 atom stereocenters. The van der Waals surface area contributed by atoms with Crippen LogP contribution in [0.3, 0.4) is 0 Å². The van der Waals surface area contributed by atoms with E-state index in [1.807, 2.05) is 0 Å². The number of nitro benzene ring substituents is 1. The lowest BCUT2D eigenvalue weighted by Crippen LogP contribution is -2.39. The molecule has 0 aliphatic heterocycles. The largest absolute Gasteiger partial charge is 0.459 e. The number of esters is 1. The summed E-state index contributed by atoms with van der Waals surface area (Å²) in [6, 6.07) is 12.6. The number of hydrogen-bond donors (Lipinski definition) is 2. The highest BCUT2D eigenvalue weighted by atomic mass is 35.5. The summed E-state index contributed by atoms with van der Waals surface area (Å²) in [4.78, 5) is 58.0. The monoisotopic (exact) mass is 515 g/mol. The van der Waals surface area contributed by atoms with Crippen LogP contribution in [0.25, 0.3) is 0 Å². The van der Waals surface area contributed by atoms with E-state index in [1.54, 1.807) is 0 Å². The van der Waals surface area contributed by atoms with E-state index >= 15 is 0 Å². The summed E-state index contributed by atoms with van der Waals surface area (Å²) in [5.74, 6) is -2.54. The van der Waals surface area contributed by atoms with Crippen molar-refractivity contribution in [2.24, 2.45) is 0 Å². The number of carbonyl (C=O) groups is 4. The summed E-state index contributed by atoms with van der Waals surface area (Å²) < 4.78 is 15.2. The van der Waals surface area contributed by atoms with Gasteiger partial charge in [0.1, 0.15) is 12.3 Å². The van der Waals surface area contributed by atoms with Crippen LogP contribution in [-0.4, -0.2) is 48.2 Å². The average molecular weight is 516 g/mol. The molecule has 0 bridgehead atoms. The maximum absolute atomic E-state index is 12.3. The third-order valence-electron chi connectivity index (χ3n) is 4.49. The number of benzene rings is 2. The Labute approximate surface area is 208 Å². The zero-order valence-electron chi connectivity index (χ0n) is 18.4. The first-order chi connectivity index (χ1) is 17.2. The number of carbonyl (C=O) groups excluding carboxylic acids is 4. The van der Waals surface area contributed by atoms with Crippen LogP contribution in [0.2, 0.25) is 5.02 Å². The number of rotatable bonds is 11. The molecule has 2 aromatic carbocycles. The quantitative estimate of drug-likeness (QED) is 0.169. The van der Waals surface area contributed by atoms with Gasteiger partial charge in [0.05, 0.1) is 22.8 Å². The third kappa shape index (κ3) is 7.14. The fourth-order valence-corrected chi connectivity index (χ4v) is 2.95. The first-order valence-corrected chi connectivity index (χ1v) is 10.6. The number of ether oxygens (including phenoxy) is 2. The topological polar surface area (TPSA) is 167 Å². The van der Waals surface area contributed by atoms with E-state index in [4.69, 9.17) is 25.5 Å². The first-order valence-electron chi connectivity index (χ1n) is 10.2. The lowest BCUT2D eigenvalue weighted by Gasteiger charge is -2.09. The predicted octanol–water partition coefficient (Wildman–Crippen LogP) is 2.91. The van der Waals surface area contributed by atoms with Crippen molar-refractivity contribution in [3.63, 3.8) is 0 Å². The first kappa shape index (κ1) is 25.9. The van der Waals surface area contributed by atoms with Crippen molar-refractivity contribution in [2.75, 3.05) is 19.7 Å². The average Bonchev–Trinajstić information content (AvgIpc) is 3.41. The van der Waals surface area contributed by atoms with Crippen LogP contribution in [0.5, 0.6) is 11.5 Å². The van der Waals surface area contributed by atoms with Gasteiger partial charge in [-0.15, -0.1) is 0 Å². The highest BCUT2D eigenvalue weighted by Gasteiger charge is 2.19. The number of Topliss-reactive ketones (excluding diaryl/α,β-unsaturated/α-hetero) is 1. The summed E-state index contributed by atoms with van der Waals surface area (Å²) >= 11 is 5.99. The number of hydrogen-bond acceptors (Lipinski definition) is 9. The lowest BCUT2D eigenvalue weighted by molar-refractivity contribution is -0.385. The maximum atomic E-state index is 12.3. The van der Waals surface area contributed by atoms with E-state index in [1.165, 1.54) is 60.9 Å². The zero-order chi connectivity index (χ0) is 26.1. The van der Waals surface area contributed by atoms with Gasteiger partial charge in [0.25, 0.3) is 5.91 Å². The number of ketones is 1.